The van der Waals surface area contributed by atoms with Crippen LogP contribution < -0.4 is 5.32 Å². The van der Waals surface area contributed by atoms with E-state index in [1.165, 1.54) is 0 Å². The molecule has 0 aliphatic carbocycles. The first-order chi connectivity index (χ1) is 9.35. The molecule has 0 saturated carbocycles. The first-order valence-electron chi connectivity index (χ1n) is 6.91. The van der Waals surface area contributed by atoms with Crippen molar-refractivity contribution in [2.24, 2.45) is 0 Å². The summed E-state index contributed by atoms with van der Waals surface area (Å²) in [6.07, 6.45) is 0.909. The van der Waals surface area contributed by atoms with Crippen molar-refractivity contribution in [1.82, 2.24) is 15.3 Å². The highest BCUT2D eigenvalue weighted by Crippen LogP contribution is 2.24. The number of imidazole rings is 1. The molecule has 0 fully saturated rings. The van der Waals surface area contributed by atoms with Crippen molar-refractivity contribution in [3.8, 4) is 11.3 Å². The number of nitrogens with one attached hydrogen (secondary N) is 2. The van der Waals surface area contributed by atoms with Crippen molar-refractivity contribution < 1.29 is 0 Å². The van der Waals surface area contributed by atoms with Gasteiger partial charge in [-0.05, 0) is 39.8 Å². The molecule has 0 amide bonds. The van der Waals surface area contributed by atoms with E-state index in [4.69, 9.17) is 4.98 Å². The normalized spacial score (nSPS) is 11.8. The molecule has 1 heterocycles. The van der Waals surface area contributed by atoms with Gasteiger partial charge in [0.2, 0.25) is 0 Å². The molecule has 2 rings (SSSR count). The quantitative estimate of drug-likeness (QED) is 0.883. The van der Waals surface area contributed by atoms with Crippen LogP contribution in [0.1, 0.15) is 32.3 Å². The van der Waals surface area contributed by atoms with Crippen LogP contribution >= 0.6 is 15.9 Å². The van der Waals surface area contributed by atoms with E-state index < -0.39 is 0 Å². The van der Waals surface area contributed by atoms with E-state index in [-0.39, 0.29) is 5.54 Å². The minimum atomic E-state index is 0.148. The number of H-pyrrole nitrogens is 1. The molecule has 0 radical (unpaired) electrons. The predicted octanol–water partition coefficient (Wildman–Crippen LogP) is 4.08. The summed E-state index contributed by atoms with van der Waals surface area (Å²) in [6, 6.07) is 8.25. The Morgan fingerprint density at radius 1 is 1.30 bits per heavy atom. The molecule has 3 nitrogen and oxygen atoms in total. The zero-order valence-electron chi connectivity index (χ0n) is 12.5. The SMILES string of the molecule is Cc1[nH]c(CCNC(C)(C)C)nc1-c1cccc(Br)c1. The van der Waals surface area contributed by atoms with Gasteiger partial charge in [-0.2, -0.15) is 0 Å². The van der Waals surface area contributed by atoms with Crippen LogP contribution in [0.2, 0.25) is 0 Å². The minimum Gasteiger partial charge on any atom is -0.346 e. The summed E-state index contributed by atoms with van der Waals surface area (Å²) in [4.78, 5) is 8.11. The predicted molar refractivity (Wildman–Crippen MR) is 87.9 cm³/mol. The van der Waals surface area contributed by atoms with Crippen molar-refractivity contribution >= 4 is 15.9 Å². The second kappa shape index (κ2) is 6.10. The maximum atomic E-state index is 4.72. The number of aryl methyl sites for hydroxylation is 1. The third-order valence-electron chi connectivity index (χ3n) is 3.05. The molecule has 0 saturated heterocycles. The van der Waals surface area contributed by atoms with Gasteiger partial charge in [-0.3, -0.25) is 0 Å². The van der Waals surface area contributed by atoms with E-state index in [2.05, 4.69) is 66.1 Å². The van der Waals surface area contributed by atoms with Crippen molar-refractivity contribution in [2.45, 2.75) is 39.7 Å². The summed E-state index contributed by atoms with van der Waals surface area (Å²) in [5.74, 6) is 1.04. The average Bonchev–Trinajstić information content (AvgIpc) is 2.69. The van der Waals surface area contributed by atoms with E-state index in [0.717, 1.165) is 40.2 Å². The van der Waals surface area contributed by atoms with Gasteiger partial charge in [0.15, 0.2) is 0 Å². The molecular formula is C16H22BrN3. The number of hydrogen-bond donors (Lipinski definition) is 2. The maximum Gasteiger partial charge on any atom is 0.108 e. The monoisotopic (exact) mass is 335 g/mol. The molecule has 0 bridgehead atoms. The Morgan fingerprint density at radius 2 is 2.05 bits per heavy atom. The molecule has 0 unspecified atom stereocenters. The standard InChI is InChI=1S/C16H22BrN3/c1-11-15(12-6-5-7-13(17)10-12)20-14(19-11)8-9-18-16(2,3)4/h5-7,10,18H,8-9H2,1-4H3,(H,19,20). The molecule has 2 N–H and O–H groups in total. The molecule has 0 aliphatic rings. The molecule has 2 aromatic rings. The van der Waals surface area contributed by atoms with E-state index >= 15 is 0 Å². The fraction of sp³-hybridized carbons (Fsp3) is 0.438. The molecule has 0 aliphatic heterocycles. The summed E-state index contributed by atoms with van der Waals surface area (Å²) < 4.78 is 1.08. The Labute approximate surface area is 129 Å². The highest BCUT2D eigenvalue weighted by molar-refractivity contribution is 9.10. The molecular weight excluding hydrogens is 314 g/mol. The van der Waals surface area contributed by atoms with E-state index in [9.17, 15) is 0 Å². The Bertz CT molecular complexity index is 582. The van der Waals surface area contributed by atoms with Crippen LogP contribution in [-0.4, -0.2) is 22.1 Å². The third kappa shape index (κ3) is 4.18. The largest absolute Gasteiger partial charge is 0.346 e. The van der Waals surface area contributed by atoms with Crippen molar-refractivity contribution in [3.63, 3.8) is 0 Å². The number of rotatable bonds is 4. The molecule has 1 aromatic carbocycles. The third-order valence-corrected chi connectivity index (χ3v) is 3.54. The van der Waals surface area contributed by atoms with Crippen molar-refractivity contribution in [1.29, 1.82) is 0 Å². The number of aromatic nitrogens is 2. The Balaban J connectivity index is 2.10. The smallest absolute Gasteiger partial charge is 0.108 e. The summed E-state index contributed by atoms with van der Waals surface area (Å²) >= 11 is 3.51. The number of benzene rings is 1. The lowest BCUT2D eigenvalue weighted by atomic mass is 10.1. The van der Waals surface area contributed by atoms with Gasteiger partial charge in [-0.15, -0.1) is 0 Å². The lowest BCUT2D eigenvalue weighted by Crippen LogP contribution is -2.37. The van der Waals surface area contributed by atoms with Gasteiger partial charge in [0.05, 0.1) is 5.69 Å². The average molecular weight is 336 g/mol. The topological polar surface area (TPSA) is 40.7 Å². The lowest BCUT2D eigenvalue weighted by molar-refractivity contribution is 0.427. The second-order valence-electron chi connectivity index (χ2n) is 6.09. The van der Waals surface area contributed by atoms with E-state index in [1.54, 1.807) is 0 Å². The molecule has 1 aromatic heterocycles. The highest BCUT2D eigenvalue weighted by atomic mass is 79.9. The lowest BCUT2D eigenvalue weighted by Gasteiger charge is -2.19. The first kappa shape index (κ1) is 15.3. The van der Waals surface area contributed by atoms with Crippen molar-refractivity contribution in [3.05, 3.63) is 40.3 Å². The number of nitrogens with zero attached hydrogens (tertiary/aromatic N) is 1. The van der Waals surface area contributed by atoms with E-state index in [1.807, 2.05) is 12.1 Å². The van der Waals surface area contributed by atoms with Gasteiger partial charge in [-0.25, -0.2) is 4.98 Å². The Hall–Kier alpha value is -1.13. The van der Waals surface area contributed by atoms with Gasteiger partial charge in [0, 0.05) is 34.2 Å². The van der Waals surface area contributed by atoms with Crippen LogP contribution in [0.5, 0.6) is 0 Å². The summed E-state index contributed by atoms with van der Waals surface area (Å²) in [5.41, 5.74) is 3.45. The fourth-order valence-electron chi connectivity index (χ4n) is 2.11. The van der Waals surface area contributed by atoms with Crippen LogP contribution in [0.25, 0.3) is 11.3 Å². The zero-order valence-corrected chi connectivity index (χ0v) is 14.1. The van der Waals surface area contributed by atoms with Gasteiger partial charge >= 0.3 is 0 Å². The highest BCUT2D eigenvalue weighted by Gasteiger charge is 2.11. The molecule has 0 spiro atoms. The van der Waals surface area contributed by atoms with Crippen molar-refractivity contribution in [2.75, 3.05) is 6.54 Å². The number of halogens is 1. The van der Waals surface area contributed by atoms with Gasteiger partial charge in [0.1, 0.15) is 5.82 Å². The van der Waals surface area contributed by atoms with Gasteiger partial charge < -0.3 is 10.3 Å². The first-order valence-corrected chi connectivity index (χ1v) is 7.71. The Morgan fingerprint density at radius 3 is 2.70 bits per heavy atom. The summed E-state index contributed by atoms with van der Waals surface area (Å²) in [5, 5.41) is 3.48. The van der Waals surface area contributed by atoms with Crippen LogP contribution in [0.15, 0.2) is 28.7 Å². The summed E-state index contributed by atoms with van der Waals surface area (Å²) in [7, 11) is 0. The van der Waals surface area contributed by atoms with Crippen LogP contribution in [0.4, 0.5) is 0 Å². The van der Waals surface area contributed by atoms with Crippen LogP contribution in [0.3, 0.4) is 0 Å². The molecule has 4 heteroatoms. The van der Waals surface area contributed by atoms with Gasteiger partial charge in [-0.1, -0.05) is 28.1 Å². The number of hydrogen-bond acceptors (Lipinski definition) is 2. The fourth-order valence-corrected chi connectivity index (χ4v) is 2.51. The molecule has 0 atom stereocenters. The molecule has 20 heavy (non-hydrogen) atoms. The van der Waals surface area contributed by atoms with Crippen LogP contribution in [0, 0.1) is 6.92 Å². The van der Waals surface area contributed by atoms with Gasteiger partial charge in [0.25, 0.3) is 0 Å². The van der Waals surface area contributed by atoms with E-state index in [0.29, 0.717) is 0 Å². The minimum absolute atomic E-state index is 0.148. The van der Waals surface area contributed by atoms with Crippen LogP contribution in [-0.2, 0) is 6.42 Å². The zero-order chi connectivity index (χ0) is 14.8. The number of aromatic amines is 1. The summed E-state index contributed by atoms with van der Waals surface area (Å²) in [6.45, 7) is 9.52. The molecule has 108 valence electrons. The maximum absolute atomic E-state index is 4.72. The Kier molecular flexibility index (Phi) is 4.66. The second-order valence-corrected chi connectivity index (χ2v) is 7.01.